The van der Waals surface area contributed by atoms with Crippen LogP contribution in [0.5, 0.6) is 0 Å². The van der Waals surface area contributed by atoms with E-state index in [0.29, 0.717) is 21.2 Å². The number of anilines is 1. The molecule has 0 radical (unpaired) electrons. The maximum Gasteiger partial charge on any atom is 0.123 e. The van der Waals surface area contributed by atoms with Crippen molar-refractivity contribution in [2.75, 3.05) is 5.73 Å². The molecule has 2 rings (SSSR count). The van der Waals surface area contributed by atoms with Crippen molar-refractivity contribution in [3.63, 3.8) is 0 Å². The Hall–Kier alpha value is -1.39. The highest BCUT2D eigenvalue weighted by Crippen LogP contribution is 2.25. The van der Waals surface area contributed by atoms with E-state index in [9.17, 15) is 8.60 Å². The number of halogens is 2. The third-order valence-electron chi connectivity index (χ3n) is 2.82. The van der Waals surface area contributed by atoms with E-state index in [4.69, 9.17) is 17.3 Å². The van der Waals surface area contributed by atoms with Crippen molar-refractivity contribution in [1.29, 1.82) is 0 Å². The Kier molecular flexibility index (Phi) is 4.22. The summed E-state index contributed by atoms with van der Waals surface area (Å²) in [6.45, 7) is 1.85. The van der Waals surface area contributed by atoms with Gasteiger partial charge in [0.25, 0.3) is 0 Å². The van der Waals surface area contributed by atoms with Crippen LogP contribution in [-0.2, 0) is 16.6 Å². The normalized spacial score (nSPS) is 12.4. The van der Waals surface area contributed by atoms with Crippen LogP contribution in [0.1, 0.15) is 11.1 Å². The quantitative estimate of drug-likeness (QED) is 0.878. The number of rotatable bonds is 3. The van der Waals surface area contributed by atoms with Crippen molar-refractivity contribution in [2.45, 2.75) is 17.6 Å². The number of aryl methyl sites for hydroxylation is 1. The largest absolute Gasteiger partial charge is 0.398 e. The van der Waals surface area contributed by atoms with Gasteiger partial charge in [-0.15, -0.1) is 0 Å². The average Bonchev–Trinajstić information content (AvgIpc) is 2.37. The van der Waals surface area contributed by atoms with Crippen LogP contribution in [0.25, 0.3) is 0 Å². The highest BCUT2D eigenvalue weighted by atomic mass is 35.5. The molecule has 2 N–H and O–H groups in total. The van der Waals surface area contributed by atoms with E-state index in [0.717, 1.165) is 5.56 Å². The van der Waals surface area contributed by atoms with Crippen molar-refractivity contribution in [3.8, 4) is 0 Å². The molecular weight excluding hydrogens is 285 g/mol. The maximum absolute atomic E-state index is 13.2. The van der Waals surface area contributed by atoms with Gasteiger partial charge in [-0.25, -0.2) is 4.39 Å². The van der Waals surface area contributed by atoms with Crippen LogP contribution < -0.4 is 5.73 Å². The lowest BCUT2D eigenvalue weighted by Crippen LogP contribution is -2.03. The summed E-state index contributed by atoms with van der Waals surface area (Å²) in [5.74, 6) is -0.252. The molecule has 5 heteroatoms. The molecule has 2 aromatic rings. The van der Waals surface area contributed by atoms with Gasteiger partial charge >= 0.3 is 0 Å². The third kappa shape index (κ3) is 3.14. The Morgan fingerprint density at radius 1 is 1.32 bits per heavy atom. The number of hydrogen-bond donors (Lipinski definition) is 1. The summed E-state index contributed by atoms with van der Waals surface area (Å²) in [7, 11) is -1.35. The number of benzene rings is 2. The molecule has 0 bridgehead atoms. The highest BCUT2D eigenvalue weighted by molar-refractivity contribution is 7.84. The lowest BCUT2D eigenvalue weighted by molar-refractivity contribution is 0.626. The summed E-state index contributed by atoms with van der Waals surface area (Å²) in [6, 6.07) is 9.40. The van der Waals surface area contributed by atoms with E-state index in [1.54, 1.807) is 12.1 Å². The van der Waals surface area contributed by atoms with Crippen molar-refractivity contribution >= 4 is 28.1 Å². The Morgan fingerprint density at radius 3 is 2.79 bits per heavy atom. The van der Waals surface area contributed by atoms with Gasteiger partial charge in [0.1, 0.15) is 5.82 Å². The van der Waals surface area contributed by atoms with Crippen molar-refractivity contribution in [3.05, 3.63) is 58.4 Å². The Balaban J connectivity index is 2.31. The number of para-hydroxylation sites is 1. The zero-order valence-corrected chi connectivity index (χ0v) is 11.9. The van der Waals surface area contributed by atoms with Gasteiger partial charge in [-0.3, -0.25) is 4.21 Å². The first kappa shape index (κ1) is 14.0. The van der Waals surface area contributed by atoms with E-state index in [2.05, 4.69) is 0 Å². The molecule has 0 aromatic heterocycles. The van der Waals surface area contributed by atoms with E-state index in [1.165, 1.54) is 18.2 Å². The molecule has 0 aliphatic carbocycles. The second-order valence-corrected chi connectivity index (χ2v) is 6.04. The van der Waals surface area contributed by atoms with Crippen molar-refractivity contribution < 1.29 is 8.60 Å². The molecule has 0 spiro atoms. The molecule has 19 heavy (non-hydrogen) atoms. The third-order valence-corrected chi connectivity index (χ3v) is 4.61. The summed E-state index contributed by atoms with van der Waals surface area (Å²) >= 11 is 5.97. The van der Waals surface area contributed by atoms with Gasteiger partial charge in [-0.1, -0.05) is 23.7 Å². The number of nitrogens with two attached hydrogens (primary N) is 1. The van der Waals surface area contributed by atoms with Gasteiger partial charge in [0.2, 0.25) is 0 Å². The lowest BCUT2D eigenvalue weighted by atomic mass is 10.2. The zero-order chi connectivity index (χ0) is 14.0. The second kappa shape index (κ2) is 5.72. The predicted octanol–water partition coefficient (Wildman–Crippen LogP) is 3.68. The Labute approximate surface area is 118 Å². The summed E-state index contributed by atoms with van der Waals surface area (Å²) in [5, 5.41) is 0.404. The first-order valence-electron chi connectivity index (χ1n) is 5.66. The Bertz CT molecular complexity index is 645. The van der Waals surface area contributed by atoms with Crippen molar-refractivity contribution in [1.82, 2.24) is 0 Å². The predicted molar refractivity (Wildman–Crippen MR) is 77.1 cm³/mol. The molecule has 0 fully saturated rings. The van der Waals surface area contributed by atoms with Gasteiger partial charge in [-0.05, 0) is 42.3 Å². The molecular formula is C14H13ClFNOS. The molecule has 0 heterocycles. The summed E-state index contributed by atoms with van der Waals surface area (Å²) in [4.78, 5) is 0.556. The van der Waals surface area contributed by atoms with Crippen LogP contribution in [0.4, 0.5) is 10.1 Å². The standard InChI is InChI=1S/C14H13ClFNOS/c1-9-3-2-4-13(14(9)17)19(18)8-10-7-11(16)5-6-12(10)15/h2-7H,8,17H2,1H3. The molecule has 0 aliphatic rings. The smallest absolute Gasteiger partial charge is 0.123 e. The van der Waals surface area contributed by atoms with Gasteiger partial charge in [-0.2, -0.15) is 0 Å². The molecule has 0 saturated heterocycles. The van der Waals surface area contributed by atoms with Gasteiger partial charge in [0.05, 0.1) is 27.1 Å². The van der Waals surface area contributed by atoms with Crippen LogP contribution in [0, 0.1) is 12.7 Å². The molecule has 1 unspecified atom stereocenters. The van der Waals surface area contributed by atoms with Gasteiger partial charge in [0.15, 0.2) is 0 Å². The van der Waals surface area contributed by atoms with Crippen LogP contribution in [-0.4, -0.2) is 4.21 Å². The van der Waals surface area contributed by atoms with Crippen LogP contribution >= 0.6 is 11.6 Å². The van der Waals surface area contributed by atoms with Gasteiger partial charge < -0.3 is 5.73 Å². The zero-order valence-electron chi connectivity index (χ0n) is 10.3. The van der Waals surface area contributed by atoms with E-state index < -0.39 is 16.6 Å². The van der Waals surface area contributed by atoms with Crippen molar-refractivity contribution in [2.24, 2.45) is 0 Å². The number of hydrogen-bond acceptors (Lipinski definition) is 2. The monoisotopic (exact) mass is 297 g/mol. The molecule has 0 aliphatic heterocycles. The average molecular weight is 298 g/mol. The molecule has 0 saturated carbocycles. The summed E-state index contributed by atoms with van der Waals surface area (Å²) in [5.41, 5.74) is 7.80. The van der Waals surface area contributed by atoms with E-state index in [-0.39, 0.29) is 5.75 Å². The summed E-state index contributed by atoms with van der Waals surface area (Å²) < 4.78 is 25.5. The minimum Gasteiger partial charge on any atom is -0.398 e. The summed E-state index contributed by atoms with van der Waals surface area (Å²) in [6.07, 6.45) is 0. The van der Waals surface area contributed by atoms with E-state index in [1.807, 2.05) is 13.0 Å². The lowest BCUT2D eigenvalue weighted by Gasteiger charge is -2.09. The first-order valence-corrected chi connectivity index (χ1v) is 7.36. The molecule has 2 aromatic carbocycles. The molecule has 1 atom stereocenters. The molecule has 100 valence electrons. The van der Waals surface area contributed by atoms with Gasteiger partial charge in [0, 0.05) is 5.02 Å². The van der Waals surface area contributed by atoms with Crippen LogP contribution in [0.2, 0.25) is 5.02 Å². The first-order chi connectivity index (χ1) is 8.99. The Morgan fingerprint density at radius 2 is 2.05 bits per heavy atom. The fourth-order valence-corrected chi connectivity index (χ4v) is 3.30. The number of nitrogen functional groups attached to an aromatic ring is 1. The topological polar surface area (TPSA) is 43.1 Å². The van der Waals surface area contributed by atoms with E-state index >= 15 is 0 Å². The van der Waals surface area contributed by atoms with Crippen LogP contribution in [0.3, 0.4) is 0 Å². The minimum absolute atomic E-state index is 0.143. The minimum atomic E-state index is -1.35. The van der Waals surface area contributed by atoms with Crippen LogP contribution in [0.15, 0.2) is 41.3 Å². The SMILES string of the molecule is Cc1cccc(S(=O)Cc2cc(F)ccc2Cl)c1N. The highest BCUT2D eigenvalue weighted by Gasteiger charge is 2.12. The fourth-order valence-electron chi connectivity index (χ4n) is 1.73. The molecule has 0 amide bonds. The fraction of sp³-hybridized carbons (Fsp3) is 0.143. The maximum atomic E-state index is 13.2. The molecule has 2 nitrogen and oxygen atoms in total. The second-order valence-electron chi connectivity index (χ2n) is 4.21.